The van der Waals surface area contributed by atoms with Gasteiger partial charge in [-0.25, -0.2) is 0 Å². The number of aromatic nitrogens is 1. The molecular formula is C22H18N2O. The zero-order valence-corrected chi connectivity index (χ0v) is 14.0. The Balaban J connectivity index is 2.00. The second-order valence-electron chi connectivity index (χ2n) is 6.66. The third-order valence-electron chi connectivity index (χ3n) is 5.27. The smallest absolute Gasteiger partial charge is 0.248 e. The number of terminal acetylenes is 1. The molecule has 3 heteroatoms. The van der Waals surface area contributed by atoms with Crippen LogP contribution in [0.3, 0.4) is 0 Å². The van der Waals surface area contributed by atoms with Crippen LogP contribution in [-0.2, 0) is 5.41 Å². The molecule has 0 bridgehead atoms. The third-order valence-corrected chi connectivity index (χ3v) is 5.27. The van der Waals surface area contributed by atoms with Crippen molar-refractivity contribution in [2.75, 3.05) is 0 Å². The lowest BCUT2D eigenvalue weighted by atomic mass is 9.81. The van der Waals surface area contributed by atoms with Crippen LogP contribution in [-0.4, -0.2) is 10.9 Å². The molecule has 0 atom stereocenters. The maximum Gasteiger partial charge on any atom is 0.248 e. The minimum Gasteiger partial charge on any atom is -0.366 e. The van der Waals surface area contributed by atoms with Gasteiger partial charge in [-0.15, -0.1) is 6.42 Å². The van der Waals surface area contributed by atoms with Gasteiger partial charge in [0.05, 0.1) is 5.52 Å². The van der Waals surface area contributed by atoms with Crippen LogP contribution in [0.5, 0.6) is 0 Å². The van der Waals surface area contributed by atoms with E-state index in [1.807, 2.05) is 25.1 Å². The zero-order valence-electron chi connectivity index (χ0n) is 14.0. The van der Waals surface area contributed by atoms with Crippen LogP contribution in [0.1, 0.15) is 45.5 Å². The Morgan fingerprint density at radius 3 is 2.68 bits per heavy atom. The molecule has 0 radical (unpaired) electrons. The topological polar surface area (TPSA) is 56.0 Å². The van der Waals surface area contributed by atoms with E-state index in [0.29, 0.717) is 5.56 Å². The van der Waals surface area contributed by atoms with Gasteiger partial charge >= 0.3 is 0 Å². The van der Waals surface area contributed by atoms with Crippen molar-refractivity contribution in [3.8, 4) is 12.3 Å². The molecule has 0 aliphatic heterocycles. The Morgan fingerprint density at radius 1 is 1.20 bits per heavy atom. The summed E-state index contributed by atoms with van der Waals surface area (Å²) in [7, 11) is 0. The summed E-state index contributed by atoms with van der Waals surface area (Å²) < 4.78 is 0. The van der Waals surface area contributed by atoms with Crippen LogP contribution < -0.4 is 5.73 Å². The number of fused-ring (bicyclic) bond motifs is 1. The van der Waals surface area contributed by atoms with Gasteiger partial charge in [-0.05, 0) is 60.7 Å². The van der Waals surface area contributed by atoms with Crippen LogP contribution in [0.25, 0.3) is 10.9 Å². The molecule has 122 valence electrons. The fourth-order valence-corrected chi connectivity index (χ4v) is 3.89. The molecule has 1 aliphatic rings. The molecule has 4 rings (SSSR count). The molecule has 1 fully saturated rings. The largest absolute Gasteiger partial charge is 0.366 e. The molecule has 3 nitrogen and oxygen atoms in total. The average molecular weight is 326 g/mol. The van der Waals surface area contributed by atoms with Crippen LogP contribution in [0, 0.1) is 19.3 Å². The molecule has 2 N–H and O–H groups in total. The number of nitrogens with two attached hydrogens (primary N) is 1. The van der Waals surface area contributed by atoms with Crippen LogP contribution in [0.4, 0.5) is 0 Å². The van der Waals surface area contributed by atoms with Crippen molar-refractivity contribution in [2.45, 2.75) is 25.2 Å². The highest BCUT2D eigenvalue weighted by Crippen LogP contribution is 2.56. The average Bonchev–Trinajstić information content (AvgIpc) is 3.42. The summed E-state index contributed by atoms with van der Waals surface area (Å²) in [5.74, 6) is 2.35. The molecule has 2 aromatic carbocycles. The first-order chi connectivity index (χ1) is 12.1. The molecule has 0 unspecified atom stereocenters. The fourth-order valence-electron chi connectivity index (χ4n) is 3.89. The quantitative estimate of drug-likeness (QED) is 0.746. The number of pyridine rings is 1. The molecule has 1 aromatic heterocycles. The summed E-state index contributed by atoms with van der Waals surface area (Å²) in [6.07, 6.45) is 9.49. The van der Waals surface area contributed by atoms with Crippen molar-refractivity contribution in [1.29, 1.82) is 0 Å². The van der Waals surface area contributed by atoms with Gasteiger partial charge in [0.1, 0.15) is 0 Å². The van der Waals surface area contributed by atoms with E-state index in [1.165, 1.54) is 5.56 Å². The van der Waals surface area contributed by atoms with E-state index in [0.717, 1.165) is 40.4 Å². The first kappa shape index (κ1) is 15.4. The van der Waals surface area contributed by atoms with Crippen LogP contribution in [0.15, 0.2) is 48.7 Å². The number of nitrogens with zero attached hydrogens (tertiary/aromatic N) is 1. The minimum atomic E-state index is -0.390. The molecule has 1 saturated carbocycles. The van der Waals surface area contributed by atoms with Crippen molar-refractivity contribution in [1.82, 2.24) is 4.98 Å². The summed E-state index contributed by atoms with van der Waals surface area (Å²) in [6.45, 7) is 1.97. The summed E-state index contributed by atoms with van der Waals surface area (Å²) in [5.41, 5.74) is 11.0. The van der Waals surface area contributed by atoms with E-state index >= 15 is 0 Å². The lowest BCUT2D eigenvalue weighted by Crippen LogP contribution is -2.17. The summed E-state index contributed by atoms with van der Waals surface area (Å²) in [5, 5.41) is 1.11. The number of carbonyl (C=O) groups is 1. The molecule has 1 aliphatic carbocycles. The minimum absolute atomic E-state index is 0.121. The number of hydrogen-bond donors (Lipinski definition) is 1. The van der Waals surface area contributed by atoms with Gasteiger partial charge in [0, 0.05) is 28.1 Å². The molecule has 1 amide bonds. The Bertz CT molecular complexity index is 1060. The normalized spacial score (nSPS) is 14.9. The predicted molar refractivity (Wildman–Crippen MR) is 99.4 cm³/mol. The molecule has 1 heterocycles. The van der Waals surface area contributed by atoms with Crippen LogP contribution >= 0.6 is 0 Å². The van der Waals surface area contributed by atoms with Crippen molar-refractivity contribution in [3.05, 3.63) is 76.5 Å². The maximum absolute atomic E-state index is 11.8. The molecule has 0 saturated heterocycles. The van der Waals surface area contributed by atoms with Crippen LogP contribution in [0.2, 0.25) is 0 Å². The van der Waals surface area contributed by atoms with Gasteiger partial charge in [-0.2, -0.15) is 0 Å². The highest BCUT2D eigenvalue weighted by atomic mass is 16.1. The molecular weight excluding hydrogens is 308 g/mol. The van der Waals surface area contributed by atoms with E-state index in [-0.39, 0.29) is 11.3 Å². The van der Waals surface area contributed by atoms with Crippen molar-refractivity contribution in [2.24, 2.45) is 5.73 Å². The van der Waals surface area contributed by atoms with Crippen molar-refractivity contribution < 1.29 is 4.79 Å². The first-order valence-electron chi connectivity index (χ1n) is 8.32. The van der Waals surface area contributed by atoms with Gasteiger partial charge < -0.3 is 5.73 Å². The molecule has 3 aromatic rings. The monoisotopic (exact) mass is 326 g/mol. The number of amides is 1. The second-order valence-corrected chi connectivity index (χ2v) is 6.66. The number of benzene rings is 2. The standard InChI is InChI=1S/C22H18N2O/c1-3-15-12-19(17-7-5-11-24-20(17)13-15)22(9-10-22)18-8-4-6-16(14(18)2)21(23)25/h1,4-8,11-13H,9-10H2,2H3,(H2,23,25). The van der Waals surface area contributed by atoms with E-state index in [4.69, 9.17) is 12.2 Å². The molecule has 0 spiro atoms. The van der Waals surface area contributed by atoms with E-state index in [9.17, 15) is 4.79 Å². The Hall–Kier alpha value is -3.12. The summed E-state index contributed by atoms with van der Waals surface area (Å²) >= 11 is 0. The predicted octanol–water partition coefficient (Wildman–Crippen LogP) is 3.70. The van der Waals surface area contributed by atoms with Gasteiger partial charge in [-0.1, -0.05) is 24.1 Å². The zero-order chi connectivity index (χ0) is 17.6. The number of hydrogen-bond acceptors (Lipinski definition) is 2. The van der Waals surface area contributed by atoms with Crippen molar-refractivity contribution >= 4 is 16.8 Å². The maximum atomic E-state index is 11.8. The second kappa shape index (κ2) is 5.46. The highest BCUT2D eigenvalue weighted by Gasteiger charge is 2.48. The lowest BCUT2D eigenvalue weighted by Gasteiger charge is -2.22. The van der Waals surface area contributed by atoms with Gasteiger partial charge in [-0.3, -0.25) is 9.78 Å². The van der Waals surface area contributed by atoms with Crippen molar-refractivity contribution in [3.63, 3.8) is 0 Å². The van der Waals surface area contributed by atoms with Gasteiger partial charge in [0.15, 0.2) is 0 Å². The fraction of sp³-hybridized carbons (Fsp3) is 0.182. The highest BCUT2D eigenvalue weighted by molar-refractivity contribution is 5.95. The van der Waals surface area contributed by atoms with E-state index in [1.54, 1.807) is 12.3 Å². The Morgan fingerprint density at radius 2 is 2.00 bits per heavy atom. The SMILES string of the molecule is C#Cc1cc(C2(c3cccc(C(N)=O)c3C)CC2)c2cccnc2c1. The lowest BCUT2D eigenvalue weighted by molar-refractivity contribution is 0.0999. The number of primary amides is 1. The Kier molecular flexibility index (Phi) is 3.36. The number of rotatable bonds is 3. The first-order valence-corrected chi connectivity index (χ1v) is 8.32. The van der Waals surface area contributed by atoms with Gasteiger partial charge in [0.2, 0.25) is 5.91 Å². The van der Waals surface area contributed by atoms with E-state index in [2.05, 4.69) is 29.1 Å². The summed E-state index contributed by atoms with van der Waals surface area (Å²) in [6, 6.07) is 13.9. The molecule has 25 heavy (non-hydrogen) atoms. The third kappa shape index (κ3) is 2.30. The van der Waals surface area contributed by atoms with Gasteiger partial charge in [0.25, 0.3) is 0 Å². The summed E-state index contributed by atoms with van der Waals surface area (Å²) in [4.78, 5) is 16.2. The Labute approximate surface area is 146 Å². The number of carbonyl (C=O) groups excluding carboxylic acids is 1. The van der Waals surface area contributed by atoms with E-state index < -0.39 is 0 Å².